The Kier molecular flexibility index (Phi) is 3.63. The maximum atomic E-state index is 10.0. The van der Waals surface area contributed by atoms with Crippen molar-refractivity contribution in [3.63, 3.8) is 0 Å². The second kappa shape index (κ2) is 5.25. The van der Waals surface area contributed by atoms with Gasteiger partial charge >= 0.3 is 0 Å². The molecule has 2 N–H and O–H groups in total. The van der Waals surface area contributed by atoms with Crippen LogP contribution in [0.2, 0.25) is 5.15 Å². The number of hydrogen-bond acceptors (Lipinski definition) is 4. The third kappa shape index (κ3) is 2.84. The van der Waals surface area contributed by atoms with Crippen LogP contribution in [0.1, 0.15) is 55.8 Å². The monoisotopic (exact) mass is 281 g/mol. The second-order valence-corrected chi connectivity index (χ2v) is 6.08. The van der Waals surface area contributed by atoms with Crippen LogP contribution in [0.3, 0.4) is 0 Å². The van der Waals surface area contributed by atoms with Gasteiger partial charge in [-0.1, -0.05) is 24.4 Å². The molecule has 104 valence electrons. The lowest BCUT2D eigenvalue weighted by molar-refractivity contribution is 0.116. The van der Waals surface area contributed by atoms with Crippen LogP contribution in [0.5, 0.6) is 0 Å². The predicted molar refractivity (Wildman–Crippen MR) is 75.6 cm³/mol. The van der Waals surface area contributed by atoms with Gasteiger partial charge in [0.05, 0.1) is 12.1 Å². The van der Waals surface area contributed by atoms with E-state index in [0.717, 1.165) is 55.7 Å². The molecule has 0 aliphatic heterocycles. The smallest absolute Gasteiger partial charge is 0.137 e. The summed E-state index contributed by atoms with van der Waals surface area (Å²) >= 11 is 6.19. The first-order valence-corrected chi connectivity index (χ1v) is 7.51. The van der Waals surface area contributed by atoms with Gasteiger partial charge in [-0.2, -0.15) is 0 Å². The van der Waals surface area contributed by atoms with Gasteiger partial charge in [0, 0.05) is 11.5 Å². The molecule has 1 heterocycles. The number of aliphatic hydroxyl groups excluding tert-OH is 1. The van der Waals surface area contributed by atoms with Gasteiger partial charge in [0.25, 0.3) is 0 Å². The summed E-state index contributed by atoms with van der Waals surface area (Å²) in [6.45, 7) is 1.93. The van der Waals surface area contributed by atoms with Crippen molar-refractivity contribution in [2.24, 2.45) is 0 Å². The summed E-state index contributed by atoms with van der Waals surface area (Å²) in [6, 6.07) is 0.0884. The van der Waals surface area contributed by atoms with Crippen LogP contribution in [-0.2, 0) is 0 Å². The molecule has 0 aromatic carbocycles. The molecule has 2 saturated carbocycles. The third-order valence-corrected chi connectivity index (χ3v) is 4.47. The van der Waals surface area contributed by atoms with Crippen LogP contribution in [-0.4, -0.2) is 27.2 Å². The zero-order valence-electron chi connectivity index (χ0n) is 11.2. The van der Waals surface area contributed by atoms with Crippen LogP contribution in [0.4, 0.5) is 5.82 Å². The molecule has 3 rings (SSSR count). The van der Waals surface area contributed by atoms with Crippen molar-refractivity contribution < 1.29 is 5.11 Å². The molecule has 0 spiro atoms. The zero-order valence-corrected chi connectivity index (χ0v) is 12.0. The maximum Gasteiger partial charge on any atom is 0.137 e. The number of rotatable bonds is 3. The quantitative estimate of drug-likeness (QED) is 0.836. The van der Waals surface area contributed by atoms with Crippen molar-refractivity contribution in [3.8, 4) is 0 Å². The molecule has 19 heavy (non-hydrogen) atoms. The van der Waals surface area contributed by atoms with E-state index in [-0.39, 0.29) is 12.1 Å². The van der Waals surface area contributed by atoms with Crippen molar-refractivity contribution in [1.82, 2.24) is 9.97 Å². The number of aromatic nitrogens is 2. The Bertz CT molecular complexity index is 476. The first kappa shape index (κ1) is 13.1. The summed E-state index contributed by atoms with van der Waals surface area (Å²) in [5.74, 6) is 2.13. The van der Waals surface area contributed by atoms with Crippen LogP contribution in [0.25, 0.3) is 0 Å². The molecule has 1 aromatic heterocycles. The van der Waals surface area contributed by atoms with Crippen molar-refractivity contribution >= 4 is 17.4 Å². The average molecular weight is 282 g/mol. The number of hydrogen-bond donors (Lipinski definition) is 2. The fourth-order valence-electron chi connectivity index (χ4n) is 2.63. The van der Waals surface area contributed by atoms with Gasteiger partial charge in [-0.15, -0.1) is 0 Å². The van der Waals surface area contributed by atoms with Crippen molar-refractivity contribution in [2.75, 3.05) is 5.32 Å². The van der Waals surface area contributed by atoms with Crippen molar-refractivity contribution in [2.45, 2.75) is 63.5 Å². The number of aliphatic hydroxyl groups is 1. The normalized spacial score (nSPS) is 27.3. The lowest BCUT2D eigenvalue weighted by atomic mass is 9.92. The van der Waals surface area contributed by atoms with E-state index < -0.39 is 0 Å². The Balaban J connectivity index is 1.82. The van der Waals surface area contributed by atoms with Gasteiger partial charge < -0.3 is 10.4 Å². The van der Waals surface area contributed by atoms with Gasteiger partial charge in [-0.05, 0) is 32.6 Å². The molecule has 0 radical (unpaired) electrons. The number of anilines is 1. The molecule has 1 aromatic rings. The molecule has 2 aliphatic rings. The Morgan fingerprint density at radius 2 is 1.89 bits per heavy atom. The Hall–Kier alpha value is -0.870. The minimum atomic E-state index is -0.286. The first-order chi connectivity index (χ1) is 9.15. The molecule has 5 heteroatoms. The summed E-state index contributed by atoms with van der Waals surface area (Å²) in [7, 11) is 0. The van der Waals surface area contributed by atoms with E-state index in [0.29, 0.717) is 11.1 Å². The largest absolute Gasteiger partial charge is 0.391 e. The molecular weight excluding hydrogens is 262 g/mol. The van der Waals surface area contributed by atoms with E-state index >= 15 is 0 Å². The minimum absolute atomic E-state index is 0.0884. The fourth-order valence-corrected chi connectivity index (χ4v) is 2.80. The first-order valence-electron chi connectivity index (χ1n) is 7.14. The average Bonchev–Trinajstić information content (AvgIpc) is 3.21. The second-order valence-electron chi connectivity index (χ2n) is 5.72. The number of nitrogens with one attached hydrogen (secondary N) is 1. The highest BCUT2D eigenvalue weighted by Crippen LogP contribution is 2.39. The van der Waals surface area contributed by atoms with Gasteiger partial charge in [0.2, 0.25) is 0 Å². The van der Waals surface area contributed by atoms with Crippen LogP contribution >= 0.6 is 11.6 Å². The van der Waals surface area contributed by atoms with Gasteiger partial charge in [-0.25, -0.2) is 9.97 Å². The molecule has 0 amide bonds. The summed E-state index contributed by atoms with van der Waals surface area (Å²) in [4.78, 5) is 8.97. The summed E-state index contributed by atoms with van der Waals surface area (Å²) in [5, 5.41) is 14.0. The molecule has 0 saturated heterocycles. The predicted octanol–water partition coefficient (Wildman–Crippen LogP) is 3.03. The highest BCUT2D eigenvalue weighted by atomic mass is 35.5. The molecular formula is C14H20ClN3O. The van der Waals surface area contributed by atoms with E-state index in [4.69, 9.17) is 11.6 Å². The van der Waals surface area contributed by atoms with Gasteiger partial charge in [0.15, 0.2) is 0 Å². The SMILES string of the molecule is Cc1c(Cl)nc(C2CC2)nc1NC1CCCCC1O. The maximum absolute atomic E-state index is 10.0. The van der Waals surface area contributed by atoms with E-state index in [9.17, 15) is 5.11 Å². The summed E-state index contributed by atoms with van der Waals surface area (Å²) in [6.07, 6.45) is 6.14. The Morgan fingerprint density at radius 3 is 2.58 bits per heavy atom. The summed E-state index contributed by atoms with van der Waals surface area (Å²) < 4.78 is 0. The standard InChI is InChI=1S/C14H20ClN3O/c1-8-12(15)17-14(9-6-7-9)18-13(8)16-10-4-2-3-5-11(10)19/h9-11,19H,2-7H2,1H3,(H,16,17,18). The highest BCUT2D eigenvalue weighted by Gasteiger charge is 2.29. The highest BCUT2D eigenvalue weighted by molar-refractivity contribution is 6.30. The lowest BCUT2D eigenvalue weighted by Crippen LogP contribution is -2.36. The number of nitrogens with zero attached hydrogens (tertiary/aromatic N) is 2. The van der Waals surface area contributed by atoms with E-state index in [2.05, 4.69) is 15.3 Å². The van der Waals surface area contributed by atoms with Crippen molar-refractivity contribution in [1.29, 1.82) is 0 Å². The molecule has 2 unspecified atom stereocenters. The fraction of sp³-hybridized carbons (Fsp3) is 0.714. The Morgan fingerprint density at radius 1 is 1.16 bits per heavy atom. The molecule has 0 bridgehead atoms. The van der Waals surface area contributed by atoms with E-state index in [1.54, 1.807) is 0 Å². The van der Waals surface area contributed by atoms with Crippen LogP contribution < -0.4 is 5.32 Å². The van der Waals surface area contributed by atoms with Crippen LogP contribution in [0, 0.1) is 6.92 Å². The van der Waals surface area contributed by atoms with E-state index in [1.807, 2.05) is 6.92 Å². The molecule has 2 aliphatic carbocycles. The van der Waals surface area contributed by atoms with Crippen molar-refractivity contribution in [3.05, 3.63) is 16.5 Å². The molecule has 4 nitrogen and oxygen atoms in total. The lowest BCUT2D eigenvalue weighted by Gasteiger charge is -2.29. The van der Waals surface area contributed by atoms with Crippen LogP contribution in [0.15, 0.2) is 0 Å². The topological polar surface area (TPSA) is 58.0 Å². The zero-order chi connectivity index (χ0) is 13.4. The molecule has 2 atom stereocenters. The van der Waals surface area contributed by atoms with Gasteiger partial charge in [-0.3, -0.25) is 0 Å². The van der Waals surface area contributed by atoms with Gasteiger partial charge in [0.1, 0.15) is 16.8 Å². The minimum Gasteiger partial charge on any atom is -0.391 e. The molecule has 2 fully saturated rings. The Labute approximate surface area is 118 Å². The number of halogens is 1. The third-order valence-electron chi connectivity index (χ3n) is 4.10. The van der Waals surface area contributed by atoms with E-state index in [1.165, 1.54) is 0 Å². The summed E-state index contributed by atoms with van der Waals surface area (Å²) in [5.41, 5.74) is 0.879.